The topological polar surface area (TPSA) is 96.4 Å². The van der Waals surface area contributed by atoms with E-state index >= 15 is 0 Å². The van der Waals surface area contributed by atoms with Crippen molar-refractivity contribution in [3.05, 3.63) is 72.6 Å². The highest BCUT2D eigenvalue weighted by atomic mass is 16.5. The molecule has 1 heterocycles. The van der Waals surface area contributed by atoms with Gasteiger partial charge in [-0.1, -0.05) is 30.9 Å². The molecule has 0 atom stereocenters. The minimum atomic E-state index is 0.459. The molecule has 0 unspecified atom stereocenters. The van der Waals surface area contributed by atoms with Crippen LogP contribution in [0.25, 0.3) is 11.4 Å². The molecule has 162 valence electrons. The fourth-order valence-electron chi connectivity index (χ4n) is 2.84. The van der Waals surface area contributed by atoms with Crippen molar-refractivity contribution in [2.75, 3.05) is 20.3 Å². The Morgan fingerprint density at radius 1 is 1.16 bits per heavy atom. The molecular formula is C23H28N6O2. The van der Waals surface area contributed by atoms with Crippen LogP contribution in [0.3, 0.4) is 0 Å². The number of aromatic nitrogens is 3. The number of hydrogen-bond acceptors (Lipinski definition) is 5. The van der Waals surface area contributed by atoms with Crippen molar-refractivity contribution >= 4 is 5.96 Å². The predicted molar refractivity (Wildman–Crippen MR) is 122 cm³/mol. The third-order valence-electron chi connectivity index (χ3n) is 4.38. The second kappa shape index (κ2) is 11.4. The van der Waals surface area contributed by atoms with Crippen molar-refractivity contribution in [3.8, 4) is 22.9 Å². The number of para-hydroxylation sites is 1. The molecule has 0 spiro atoms. The van der Waals surface area contributed by atoms with Gasteiger partial charge in [0.05, 0.1) is 20.2 Å². The minimum Gasteiger partial charge on any atom is -0.497 e. The molecule has 1 aromatic heterocycles. The number of rotatable bonds is 10. The first-order valence-corrected chi connectivity index (χ1v) is 10.1. The Morgan fingerprint density at radius 3 is 2.71 bits per heavy atom. The number of nitrogens with one attached hydrogen (secondary N) is 3. The Balaban J connectivity index is 1.63. The largest absolute Gasteiger partial charge is 0.497 e. The lowest BCUT2D eigenvalue weighted by Crippen LogP contribution is -2.37. The highest BCUT2D eigenvalue weighted by Gasteiger charge is 2.08. The van der Waals surface area contributed by atoms with Crippen LogP contribution in [0.1, 0.15) is 18.3 Å². The highest BCUT2D eigenvalue weighted by Crippen LogP contribution is 2.20. The molecule has 0 aliphatic heterocycles. The zero-order valence-corrected chi connectivity index (χ0v) is 17.9. The van der Waals surface area contributed by atoms with Crippen molar-refractivity contribution in [3.63, 3.8) is 0 Å². The average molecular weight is 421 g/mol. The monoisotopic (exact) mass is 420 g/mol. The van der Waals surface area contributed by atoms with E-state index in [1.165, 1.54) is 0 Å². The second-order valence-electron chi connectivity index (χ2n) is 6.59. The molecule has 3 aromatic rings. The van der Waals surface area contributed by atoms with E-state index in [1.807, 2.05) is 55.5 Å². The number of methoxy groups -OCH3 is 1. The maximum atomic E-state index is 5.71. The molecule has 0 radical (unpaired) electrons. The summed E-state index contributed by atoms with van der Waals surface area (Å²) in [6.45, 7) is 7.86. The van der Waals surface area contributed by atoms with Gasteiger partial charge in [-0.05, 0) is 37.3 Å². The van der Waals surface area contributed by atoms with E-state index in [4.69, 9.17) is 9.47 Å². The standard InChI is InChI=1S/C23H28N6O2/c1-4-14-31-20-9-7-6-8-18(20)15-25-23(24-5-2)26-16-21-27-22(29-28-21)17-10-12-19(30-3)13-11-17/h4,6-13H,1,5,14-16H2,2-3H3,(H2,24,25,26)(H,27,28,29). The van der Waals surface area contributed by atoms with Crippen molar-refractivity contribution in [1.82, 2.24) is 25.8 Å². The van der Waals surface area contributed by atoms with Gasteiger partial charge in [0, 0.05) is 17.7 Å². The molecule has 0 fully saturated rings. The number of aromatic amines is 1. The summed E-state index contributed by atoms with van der Waals surface area (Å²) >= 11 is 0. The lowest BCUT2D eigenvalue weighted by atomic mass is 10.2. The van der Waals surface area contributed by atoms with Crippen molar-refractivity contribution in [1.29, 1.82) is 0 Å². The molecule has 2 aromatic carbocycles. The van der Waals surface area contributed by atoms with Gasteiger partial charge in [0.15, 0.2) is 11.8 Å². The Kier molecular flexibility index (Phi) is 8.05. The zero-order chi connectivity index (χ0) is 21.9. The number of aliphatic imine (C=N–C) groups is 1. The van der Waals surface area contributed by atoms with E-state index in [9.17, 15) is 0 Å². The van der Waals surface area contributed by atoms with E-state index in [0.717, 1.165) is 29.2 Å². The number of H-pyrrole nitrogens is 1. The molecule has 0 saturated carbocycles. The third kappa shape index (κ3) is 6.33. The van der Waals surface area contributed by atoms with Crippen LogP contribution in [0, 0.1) is 0 Å². The zero-order valence-electron chi connectivity index (χ0n) is 17.9. The van der Waals surface area contributed by atoms with Crippen LogP contribution >= 0.6 is 0 Å². The molecular weight excluding hydrogens is 392 g/mol. The number of benzene rings is 2. The molecule has 0 amide bonds. The summed E-state index contributed by atoms with van der Waals surface area (Å²) in [4.78, 5) is 9.22. The van der Waals surface area contributed by atoms with Crippen LogP contribution in [0.5, 0.6) is 11.5 Å². The van der Waals surface area contributed by atoms with Crippen LogP contribution in [0.2, 0.25) is 0 Å². The summed E-state index contributed by atoms with van der Waals surface area (Å²) in [7, 11) is 1.64. The van der Waals surface area contributed by atoms with Gasteiger partial charge in [0.25, 0.3) is 0 Å². The predicted octanol–water partition coefficient (Wildman–Crippen LogP) is 3.30. The maximum Gasteiger partial charge on any atom is 0.191 e. The van der Waals surface area contributed by atoms with Gasteiger partial charge in [0.1, 0.15) is 23.9 Å². The summed E-state index contributed by atoms with van der Waals surface area (Å²) < 4.78 is 10.9. The number of guanidine groups is 1. The molecule has 3 rings (SSSR count). The molecule has 0 bridgehead atoms. The Hall–Kier alpha value is -3.81. The molecule has 8 heteroatoms. The van der Waals surface area contributed by atoms with Gasteiger partial charge in [-0.15, -0.1) is 0 Å². The fraction of sp³-hybridized carbons (Fsp3) is 0.261. The van der Waals surface area contributed by atoms with Gasteiger partial charge in [-0.2, -0.15) is 5.10 Å². The van der Waals surface area contributed by atoms with Gasteiger partial charge in [0.2, 0.25) is 0 Å². The van der Waals surface area contributed by atoms with E-state index in [-0.39, 0.29) is 0 Å². The quantitative estimate of drug-likeness (QED) is 0.265. The number of nitrogens with zero attached hydrogens (tertiary/aromatic N) is 3. The number of hydrogen-bond donors (Lipinski definition) is 3. The summed E-state index contributed by atoms with van der Waals surface area (Å²) in [5.41, 5.74) is 1.92. The molecule has 3 N–H and O–H groups in total. The minimum absolute atomic E-state index is 0.459. The van der Waals surface area contributed by atoms with Gasteiger partial charge in [-0.3, -0.25) is 5.10 Å². The SMILES string of the molecule is C=CCOc1ccccc1CN=C(NCC)NCc1nc(-c2ccc(OC)cc2)n[nH]1. The molecule has 0 saturated heterocycles. The van der Waals surface area contributed by atoms with Crippen LogP contribution < -0.4 is 20.1 Å². The van der Waals surface area contributed by atoms with Gasteiger partial charge in [-0.25, -0.2) is 9.98 Å². The normalized spacial score (nSPS) is 11.1. The third-order valence-corrected chi connectivity index (χ3v) is 4.38. The summed E-state index contributed by atoms with van der Waals surface area (Å²) in [5.74, 6) is 3.63. The molecule has 0 aliphatic rings. The Labute approximate surface area is 182 Å². The van der Waals surface area contributed by atoms with E-state index < -0.39 is 0 Å². The first-order chi connectivity index (χ1) is 15.2. The first kappa shape index (κ1) is 21.9. The van der Waals surface area contributed by atoms with Gasteiger partial charge >= 0.3 is 0 Å². The lowest BCUT2D eigenvalue weighted by Gasteiger charge is -2.12. The molecule has 31 heavy (non-hydrogen) atoms. The fourth-order valence-corrected chi connectivity index (χ4v) is 2.84. The Morgan fingerprint density at radius 2 is 1.97 bits per heavy atom. The van der Waals surface area contributed by atoms with Crippen molar-refractivity contribution in [2.24, 2.45) is 4.99 Å². The number of ether oxygens (including phenoxy) is 2. The van der Waals surface area contributed by atoms with Crippen molar-refractivity contribution < 1.29 is 9.47 Å². The first-order valence-electron chi connectivity index (χ1n) is 10.1. The summed E-state index contributed by atoms with van der Waals surface area (Å²) in [6.07, 6.45) is 1.73. The van der Waals surface area contributed by atoms with Crippen molar-refractivity contribution in [2.45, 2.75) is 20.0 Å². The highest BCUT2D eigenvalue weighted by molar-refractivity contribution is 5.79. The molecule has 0 aliphatic carbocycles. The Bertz CT molecular complexity index is 997. The van der Waals surface area contributed by atoms with Gasteiger partial charge < -0.3 is 20.1 Å². The van der Waals surface area contributed by atoms with Crippen LogP contribution in [0.4, 0.5) is 0 Å². The smallest absolute Gasteiger partial charge is 0.191 e. The lowest BCUT2D eigenvalue weighted by molar-refractivity contribution is 0.359. The average Bonchev–Trinajstić information content (AvgIpc) is 3.29. The van der Waals surface area contributed by atoms with Crippen LogP contribution in [-0.2, 0) is 13.1 Å². The van der Waals surface area contributed by atoms with Crippen LogP contribution in [-0.4, -0.2) is 41.4 Å². The van der Waals surface area contributed by atoms with E-state index in [0.29, 0.717) is 37.3 Å². The van der Waals surface area contributed by atoms with Crippen LogP contribution in [0.15, 0.2) is 66.2 Å². The van der Waals surface area contributed by atoms with E-state index in [1.54, 1.807) is 13.2 Å². The molecule has 8 nitrogen and oxygen atoms in total. The summed E-state index contributed by atoms with van der Waals surface area (Å²) in [5, 5.41) is 13.8. The maximum absolute atomic E-state index is 5.71. The van der Waals surface area contributed by atoms with E-state index in [2.05, 4.69) is 37.4 Å². The second-order valence-corrected chi connectivity index (χ2v) is 6.59. The summed E-state index contributed by atoms with van der Waals surface area (Å²) in [6, 6.07) is 15.5.